The fourth-order valence-electron chi connectivity index (χ4n) is 2.21. The molecule has 0 amide bonds. The lowest BCUT2D eigenvalue weighted by molar-refractivity contribution is -0.150. The first-order valence-electron chi connectivity index (χ1n) is 5.63. The maximum atomic E-state index is 9.03. The molecule has 2 fully saturated rings. The highest BCUT2D eigenvalue weighted by molar-refractivity contribution is 5.92. The van der Waals surface area contributed by atoms with Crippen molar-refractivity contribution >= 4 is 5.71 Å². The van der Waals surface area contributed by atoms with Crippen molar-refractivity contribution in [3.63, 3.8) is 0 Å². The van der Waals surface area contributed by atoms with Gasteiger partial charge in [0.15, 0.2) is 5.79 Å². The Balaban J connectivity index is 2.11. The molecular formula is C11H19NO4. The van der Waals surface area contributed by atoms with Crippen LogP contribution in [0.4, 0.5) is 0 Å². The van der Waals surface area contributed by atoms with Gasteiger partial charge in [0.25, 0.3) is 0 Å². The highest BCUT2D eigenvalue weighted by Crippen LogP contribution is 2.32. The van der Waals surface area contributed by atoms with Gasteiger partial charge in [0, 0.05) is 5.92 Å². The SMILES string of the molecule is CC1OC(C2COC(C)(C)O2)C(=NO)C1C. The Kier molecular flexibility index (Phi) is 2.94. The predicted octanol–water partition coefficient (Wildman–Crippen LogP) is 1.39. The van der Waals surface area contributed by atoms with Crippen molar-refractivity contribution in [2.75, 3.05) is 6.61 Å². The molecule has 0 aromatic rings. The summed E-state index contributed by atoms with van der Waals surface area (Å²) in [6, 6.07) is 0. The highest BCUT2D eigenvalue weighted by Gasteiger charge is 2.46. The minimum atomic E-state index is -0.580. The lowest BCUT2D eigenvalue weighted by Crippen LogP contribution is -2.36. The summed E-state index contributed by atoms with van der Waals surface area (Å²) < 4.78 is 17.0. The Morgan fingerprint density at radius 2 is 2.06 bits per heavy atom. The monoisotopic (exact) mass is 229 g/mol. The number of rotatable bonds is 1. The maximum Gasteiger partial charge on any atom is 0.163 e. The summed E-state index contributed by atoms with van der Waals surface area (Å²) in [7, 11) is 0. The molecule has 0 aliphatic carbocycles. The lowest BCUT2D eigenvalue weighted by atomic mass is 9.98. The van der Waals surface area contributed by atoms with E-state index >= 15 is 0 Å². The first kappa shape index (κ1) is 11.8. The van der Waals surface area contributed by atoms with E-state index in [9.17, 15) is 0 Å². The molecule has 2 rings (SSSR count). The van der Waals surface area contributed by atoms with Crippen LogP contribution in [0.5, 0.6) is 0 Å². The fraction of sp³-hybridized carbons (Fsp3) is 0.909. The zero-order valence-corrected chi connectivity index (χ0v) is 10.1. The van der Waals surface area contributed by atoms with Gasteiger partial charge in [0.1, 0.15) is 12.2 Å². The van der Waals surface area contributed by atoms with E-state index in [1.165, 1.54) is 0 Å². The van der Waals surface area contributed by atoms with Gasteiger partial charge in [-0.15, -0.1) is 0 Å². The van der Waals surface area contributed by atoms with Gasteiger partial charge in [-0.1, -0.05) is 12.1 Å². The maximum absolute atomic E-state index is 9.03. The number of nitrogens with zero attached hydrogens (tertiary/aromatic N) is 1. The van der Waals surface area contributed by atoms with Gasteiger partial charge in [-0.05, 0) is 20.8 Å². The van der Waals surface area contributed by atoms with Crippen molar-refractivity contribution in [2.24, 2.45) is 11.1 Å². The van der Waals surface area contributed by atoms with Crippen LogP contribution in [0.1, 0.15) is 27.7 Å². The van der Waals surface area contributed by atoms with E-state index in [1.807, 2.05) is 27.7 Å². The molecule has 4 atom stereocenters. The van der Waals surface area contributed by atoms with Gasteiger partial charge < -0.3 is 19.4 Å². The molecule has 2 saturated heterocycles. The van der Waals surface area contributed by atoms with Crippen molar-refractivity contribution < 1.29 is 19.4 Å². The third-order valence-electron chi connectivity index (χ3n) is 3.31. The third-order valence-corrected chi connectivity index (χ3v) is 3.31. The van der Waals surface area contributed by atoms with Crippen LogP contribution in [-0.4, -0.2) is 41.6 Å². The Bertz CT molecular complexity index is 302. The van der Waals surface area contributed by atoms with E-state index in [-0.39, 0.29) is 24.2 Å². The van der Waals surface area contributed by atoms with Crippen LogP contribution in [0.2, 0.25) is 0 Å². The molecule has 2 aliphatic heterocycles. The molecular weight excluding hydrogens is 210 g/mol. The Hall–Kier alpha value is -0.650. The second-order valence-electron chi connectivity index (χ2n) is 4.94. The number of hydrogen-bond donors (Lipinski definition) is 1. The van der Waals surface area contributed by atoms with Crippen molar-refractivity contribution in [3.05, 3.63) is 0 Å². The first-order valence-corrected chi connectivity index (χ1v) is 5.63. The summed E-state index contributed by atoms with van der Waals surface area (Å²) in [6.45, 7) is 8.16. The van der Waals surface area contributed by atoms with Crippen molar-refractivity contribution in [1.82, 2.24) is 0 Å². The van der Waals surface area contributed by atoms with Crippen LogP contribution in [-0.2, 0) is 14.2 Å². The molecule has 0 radical (unpaired) electrons. The molecule has 0 saturated carbocycles. The van der Waals surface area contributed by atoms with Gasteiger partial charge in [-0.25, -0.2) is 0 Å². The van der Waals surface area contributed by atoms with E-state index in [4.69, 9.17) is 19.4 Å². The quantitative estimate of drug-likeness (QED) is 0.545. The zero-order chi connectivity index (χ0) is 11.9. The van der Waals surface area contributed by atoms with Crippen LogP contribution in [0.15, 0.2) is 5.16 Å². The smallest absolute Gasteiger partial charge is 0.163 e. The van der Waals surface area contributed by atoms with Crippen LogP contribution in [0.25, 0.3) is 0 Å². The second-order valence-corrected chi connectivity index (χ2v) is 4.94. The van der Waals surface area contributed by atoms with Crippen LogP contribution in [0, 0.1) is 5.92 Å². The van der Waals surface area contributed by atoms with Crippen LogP contribution in [0.3, 0.4) is 0 Å². The molecule has 0 spiro atoms. The average molecular weight is 229 g/mol. The van der Waals surface area contributed by atoms with Gasteiger partial charge in [-0.2, -0.15) is 0 Å². The Labute approximate surface area is 95.4 Å². The molecule has 92 valence electrons. The summed E-state index contributed by atoms with van der Waals surface area (Å²) in [5.74, 6) is -0.466. The molecule has 2 heterocycles. The van der Waals surface area contributed by atoms with Crippen molar-refractivity contribution in [2.45, 2.75) is 51.8 Å². The number of ether oxygens (including phenoxy) is 3. The summed E-state index contributed by atoms with van der Waals surface area (Å²) in [4.78, 5) is 0. The lowest BCUT2D eigenvalue weighted by Gasteiger charge is -2.20. The Morgan fingerprint density at radius 1 is 1.38 bits per heavy atom. The van der Waals surface area contributed by atoms with Gasteiger partial charge >= 0.3 is 0 Å². The molecule has 16 heavy (non-hydrogen) atoms. The van der Waals surface area contributed by atoms with Gasteiger partial charge in [0.2, 0.25) is 0 Å². The fourth-order valence-corrected chi connectivity index (χ4v) is 2.21. The normalized spacial score (nSPS) is 45.4. The minimum absolute atomic E-state index is 0.0446. The molecule has 5 heteroatoms. The molecule has 0 aromatic heterocycles. The van der Waals surface area contributed by atoms with E-state index < -0.39 is 5.79 Å². The largest absolute Gasteiger partial charge is 0.411 e. The number of oxime groups is 1. The summed E-state index contributed by atoms with van der Waals surface area (Å²) in [5.41, 5.74) is 0.652. The van der Waals surface area contributed by atoms with Crippen molar-refractivity contribution in [3.8, 4) is 0 Å². The topological polar surface area (TPSA) is 60.3 Å². The molecule has 2 aliphatic rings. The average Bonchev–Trinajstić information content (AvgIpc) is 2.69. The summed E-state index contributed by atoms with van der Waals surface area (Å²) in [6.07, 6.45) is -0.437. The molecule has 4 unspecified atom stereocenters. The Morgan fingerprint density at radius 3 is 2.56 bits per heavy atom. The van der Waals surface area contributed by atoms with E-state index in [2.05, 4.69) is 5.16 Å². The van der Waals surface area contributed by atoms with E-state index in [0.29, 0.717) is 12.3 Å². The highest BCUT2D eigenvalue weighted by atomic mass is 16.7. The zero-order valence-electron chi connectivity index (χ0n) is 10.1. The number of hydrogen-bond acceptors (Lipinski definition) is 5. The molecule has 5 nitrogen and oxygen atoms in total. The second kappa shape index (κ2) is 3.98. The van der Waals surface area contributed by atoms with Crippen molar-refractivity contribution in [1.29, 1.82) is 0 Å². The van der Waals surface area contributed by atoms with Crippen LogP contribution >= 0.6 is 0 Å². The third kappa shape index (κ3) is 1.95. The minimum Gasteiger partial charge on any atom is -0.411 e. The molecule has 0 aromatic carbocycles. The first-order chi connectivity index (χ1) is 7.44. The van der Waals surface area contributed by atoms with E-state index in [0.717, 1.165) is 0 Å². The summed E-state index contributed by atoms with van der Waals surface area (Å²) in [5, 5.41) is 12.4. The van der Waals surface area contributed by atoms with E-state index in [1.54, 1.807) is 0 Å². The van der Waals surface area contributed by atoms with Crippen LogP contribution < -0.4 is 0 Å². The van der Waals surface area contributed by atoms with Gasteiger partial charge in [0.05, 0.1) is 18.4 Å². The van der Waals surface area contributed by atoms with Gasteiger partial charge in [-0.3, -0.25) is 0 Å². The predicted molar refractivity (Wildman–Crippen MR) is 57.6 cm³/mol. The summed E-state index contributed by atoms with van der Waals surface area (Å²) >= 11 is 0. The molecule has 1 N–H and O–H groups in total. The molecule has 0 bridgehead atoms. The standard InChI is InChI=1S/C11H19NO4/c1-6-7(2)15-10(9(6)12-13)8-5-14-11(3,4)16-8/h6-8,10,13H,5H2,1-4H3.